The maximum atomic E-state index is 10.2. The molecule has 1 saturated heterocycles. The fourth-order valence-electron chi connectivity index (χ4n) is 3.22. The van der Waals surface area contributed by atoms with Crippen molar-refractivity contribution < 1.29 is 9.84 Å². The lowest BCUT2D eigenvalue weighted by molar-refractivity contribution is 0.0471. The van der Waals surface area contributed by atoms with Gasteiger partial charge in [-0.3, -0.25) is 4.90 Å². The molecular formula is C19H34Cl2N2O2. The summed E-state index contributed by atoms with van der Waals surface area (Å²) in [6.07, 6.45) is -0.437. The summed E-state index contributed by atoms with van der Waals surface area (Å²) in [5.74, 6) is 1.37. The third-order valence-corrected chi connectivity index (χ3v) is 4.69. The number of β-amino-alcohol motifs (C(OH)–C–C–N with tert-alkyl or cyclic N) is 1. The maximum absolute atomic E-state index is 10.2. The Morgan fingerprint density at radius 2 is 1.68 bits per heavy atom. The van der Waals surface area contributed by atoms with E-state index in [-0.39, 0.29) is 24.8 Å². The van der Waals surface area contributed by atoms with Crippen LogP contribution >= 0.6 is 24.8 Å². The number of aliphatic hydroxyl groups is 1. The number of nitrogens with zero attached hydrogens (tertiary/aromatic N) is 2. The van der Waals surface area contributed by atoms with Crippen molar-refractivity contribution in [3.8, 4) is 5.75 Å². The van der Waals surface area contributed by atoms with Crippen molar-refractivity contribution in [3.63, 3.8) is 0 Å². The molecule has 1 aliphatic rings. The monoisotopic (exact) mass is 392 g/mol. The molecule has 146 valence electrons. The lowest BCUT2D eigenvalue weighted by atomic mass is 9.98. The minimum atomic E-state index is -0.437. The van der Waals surface area contributed by atoms with Gasteiger partial charge in [-0.15, -0.1) is 24.8 Å². The first-order valence-corrected chi connectivity index (χ1v) is 8.85. The summed E-state index contributed by atoms with van der Waals surface area (Å²) in [7, 11) is 0. The van der Waals surface area contributed by atoms with E-state index in [2.05, 4.69) is 49.6 Å². The van der Waals surface area contributed by atoms with Crippen molar-refractivity contribution in [3.05, 3.63) is 29.3 Å². The van der Waals surface area contributed by atoms with Crippen LogP contribution in [0.15, 0.2) is 18.2 Å². The molecule has 0 saturated carbocycles. The molecule has 0 spiro atoms. The molecular weight excluding hydrogens is 359 g/mol. The van der Waals surface area contributed by atoms with Crippen LogP contribution in [0.3, 0.4) is 0 Å². The molecule has 0 bridgehead atoms. The molecule has 1 N–H and O–H groups in total. The van der Waals surface area contributed by atoms with E-state index in [1.54, 1.807) is 0 Å². The van der Waals surface area contributed by atoms with Crippen LogP contribution in [-0.2, 0) is 0 Å². The molecule has 4 nitrogen and oxygen atoms in total. The van der Waals surface area contributed by atoms with E-state index in [0.717, 1.165) is 38.5 Å². The fourth-order valence-corrected chi connectivity index (χ4v) is 3.22. The third-order valence-electron chi connectivity index (χ3n) is 4.69. The Morgan fingerprint density at radius 1 is 1.08 bits per heavy atom. The number of hydrogen-bond acceptors (Lipinski definition) is 4. The van der Waals surface area contributed by atoms with E-state index in [4.69, 9.17) is 4.74 Å². The number of halogens is 2. The summed E-state index contributed by atoms with van der Waals surface area (Å²) in [5, 5.41) is 10.2. The molecule has 1 aromatic carbocycles. The zero-order chi connectivity index (χ0) is 16.8. The van der Waals surface area contributed by atoms with E-state index < -0.39 is 6.10 Å². The van der Waals surface area contributed by atoms with Gasteiger partial charge in [0.05, 0.1) is 0 Å². The van der Waals surface area contributed by atoms with Gasteiger partial charge < -0.3 is 14.7 Å². The highest BCUT2D eigenvalue weighted by molar-refractivity contribution is 5.85. The van der Waals surface area contributed by atoms with E-state index >= 15 is 0 Å². The highest BCUT2D eigenvalue weighted by Gasteiger charge is 2.18. The zero-order valence-corrected chi connectivity index (χ0v) is 17.5. The predicted octanol–water partition coefficient (Wildman–Crippen LogP) is 3.34. The number of likely N-dealkylation sites (N-methyl/N-ethyl adjacent to an activating group) is 1. The molecule has 0 aromatic heterocycles. The smallest absolute Gasteiger partial charge is 0.119 e. The third kappa shape index (κ3) is 7.71. The van der Waals surface area contributed by atoms with Crippen molar-refractivity contribution in [2.45, 2.75) is 39.7 Å². The topological polar surface area (TPSA) is 35.9 Å². The largest absolute Gasteiger partial charge is 0.491 e. The Kier molecular flexibility index (Phi) is 11.7. The predicted molar refractivity (Wildman–Crippen MR) is 110 cm³/mol. The van der Waals surface area contributed by atoms with Gasteiger partial charge in [-0.25, -0.2) is 0 Å². The second-order valence-electron chi connectivity index (χ2n) is 6.87. The van der Waals surface area contributed by atoms with Crippen molar-refractivity contribution in [2.75, 3.05) is 45.9 Å². The lowest BCUT2D eigenvalue weighted by Gasteiger charge is -2.34. The molecule has 1 unspecified atom stereocenters. The van der Waals surface area contributed by atoms with Gasteiger partial charge in [-0.1, -0.05) is 26.8 Å². The zero-order valence-electron chi connectivity index (χ0n) is 15.9. The van der Waals surface area contributed by atoms with E-state index in [0.29, 0.717) is 19.1 Å². The summed E-state index contributed by atoms with van der Waals surface area (Å²) in [5.41, 5.74) is 2.61. The number of aliphatic hydroxyl groups excluding tert-OH is 1. The summed E-state index contributed by atoms with van der Waals surface area (Å²) >= 11 is 0. The molecule has 0 aliphatic carbocycles. The summed E-state index contributed by atoms with van der Waals surface area (Å²) in [4.78, 5) is 4.77. The standard InChI is InChI=1S/C19H32N2O2.2ClH/c1-5-20-8-10-21(11-9-20)13-17(22)14-23-18-6-7-19(15(2)3)16(4)12-18;;/h6-7,12,15,17,22H,5,8-11,13-14H2,1-4H3;2*1H. The first kappa shape index (κ1) is 24.5. The van der Waals surface area contributed by atoms with Gasteiger partial charge in [0, 0.05) is 32.7 Å². The molecule has 1 aliphatic heterocycles. The van der Waals surface area contributed by atoms with Crippen molar-refractivity contribution in [1.29, 1.82) is 0 Å². The molecule has 2 rings (SSSR count). The van der Waals surface area contributed by atoms with Crippen LogP contribution in [0.4, 0.5) is 0 Å². The minimum Gasteiger partial charge on any atom is -0.491 e. The van der Waals surface area contributed by atoms with E-state index in [1.165, 1.54) is 11.1 Å². The normalized spacial score (nSPS) is 16.9. The Bertz CT molecular complexity index is 492. The molecule has 0 radical (unpaired) electrons. The molecule has 25 heavy (non-hydrogen) atoms. The molecule has 6 heteroatoms. The summed E-state index contributed by atoms with van der Waals surface area (Å²) in [6, 6.07) is 6.21. The maximum Gasteiger partial charge on any atom is 0.119 e. The van der Waals surface area contributed by atoms with Crippen LogP contribution < -0.4 is 4.74 Å². The number of benzene rings is 1. The first-order chi connectivity index (χ1) is 11.0. The SMILES string of the molecule is CCN1CCN(CC(O)COc2ccc(C(C)C)c(C)c2)CC1.Cl.Cl. The van der Waals surface area contributed by atoms with Crippen LogP contribution in [0.5, 0.6) is 5.75 Å². The van der Waals surface area contributed by atoms with Gasteiger partial charge in [0.2, 0.25) is 0 Å². The average Bonchev–Trinajstić information content (AvgIpc) is 2.53. The molecule has 1 fully saturated rings. The van der Waals surface area contributed by atoms with Crippen LogP contribution in [-0.4, -0.2) is 66.9 Å². The molecule has 1 aromatic rings. The highest BCUT2D eigenvalue weighted by Crippen LogP contribution is 2.23. The molecule has 1 heterocycles. The number of hydrogen-bond donors (Lipinski definition) is 1. The average molecular weight is 393 g/mol. The van der Waals surface area contributed by atoms with Crippen molar-refractivity contribution in [1.82, 2.24) is 9.80 Å². The first-order valence-electron chi connectivity index (χ1n) is 8.85. The Hall–Kier alpha value is -0.520. The van der Waals surface area contributed by atoms with Crippen LogP contribution in [0.1, 0.15) is 37.8 Å². The second-order valence-corrected chi connectivity index (χ2v) is 6.87. The van der Waals surface area contributed by atoms with E-state index in [9.17, 15) is 5.11 Å². The Morgan fingerprint density at radius 3 is 2.20 bits per heavy atom. The van der Waals surface area contributed by atoms with Gasteiger partial charge in [0.1, 0.15) is 18.5 Å². The Balaban J connectivity index is 0.00000288. The number of rotatable bonds is 7. The van der Waals surface area contributed by atoms with Crippen LogP contribution in [0.2, 0.25) is 0 Å². The van der Waals surface area contributed by atoms with Gasteiger partial charge in [-0.05, 0) is 42.6 Å². The number of aryl methyl sites for hydroxylation is 1. The quantitative estimate of drug-likeness (QED) is 0.771. The number of ether oxygens (including phenoxy) is 1. The van der Waals surface area contributed by atoms with Gasteiger partial charge in [-0.2, -0.15) is 0 Å². The van der Waals surface area contributed by atoms with Gasteiger partial charge >= 0.3 is 0 Å². The highest BCUT2D eigenvalue weighted by atomic mass is 35.5. The minimum absolute atomic E-state index is 0. The van der Waals surface area contributed by atoms with E-state index in [1.807, 2.05) is 6.07 Å². The number of piperazine rings is 1. The molecule has 0 amide bonds. The van der Waals surface area contributed by atoms with Gasteiger partial charge in [0.25, 0.3) is 0 Å². The molecule has 1 atom stereocenters. The summed E-state index contributed by atoms with van der Waals surface area (Å²) in [6.45, 7) is 15.1. The van der Waals surface area contributed by atoms with Crippen LogP contribution in [0, 0.1) is 6.92 Å². The second kappa shape index (κ2) is 12.0. The van der Waals surface area contributed by atoms with Crippen LogP contribution in [0.25, 0.3) is 0 Å². The summed E-state index contributed by atoms with van der Waals surface area (Å²) < 4.78 is 5.78. The Labute approximate surface area is 165 Å². The van der Waals surface area contributed by atoms with Crippen molar-refractivity contribution >= 4 is 24.8 Å². The van der Waals surface area contributed by atoms with Crippen molar-refractivity contribution in [2.24, 2.45) is 0 Å². The lowest BCUT2D eigenvalue weighted by Crippen LogP contribution is -2.49. The fraction of sp³-hybridized carbons (Fsp3) is 0.684. The van der Waals surface area contributed by atoms with Gasteiger partial charge in [0.15, 0.2) is 0 Å².